The van der Waals surface area contributed by atoms with Crippen LogP contribution >= 0.6 is 0 Å². The highest BCUT2D eigenvalue weighted by Crippen LogP contribution is 2.49. The Morgan fingerprint density at radius 3 is 1.00 bits per heavy atom. The number of carbonyl (C=O) groups excluding carboxylic acids is 5. The van der Waals surface area contributed by atoms with Crippen molar-refractivity contribution in [3.63, 3.8) is 0 Å². The molecule has 0 atom stereocenters. The number of rotatable bonds is 27. The van der Waals surface area contributed by atoms with Gasteiger partial charge >= 0.3 is 6.03 Å². The van der Waals surface area contributed by atoms with Gasteiger partial charge in [0.1, 0.15) is 28.0 Å². The van der Waals surface area contributed by atoms with Crippen LogP contribution in [0.15, 0.2) is 273 Å². The van der Waals surface area contributed by atoms with Gasteiger partial charge < -0.3 is 72.3 Å². The fraction of sp³-hybridized carbons (Fsp3) is 0.341. The van der Waals surface area contributed by atoms with E-state index < -0.39 is 11.2 Å². The van der Waals surface area contributed by atoms with Crippen molar-refractivity contribution < 1.29 is 71.3 Å². The molecule has 5 heterocycles. The number of hydrogen-bond donors (Lipinski definition) is 1. The maximum Gasteiger partial charge on any atom is 0.326 e. The second-order valence-electron chi connectivity index (χ2n) is 40.9. The minimum Gasteiger partial charge on any atom is -0.493 e. The maximum atomic E-state index is 13.5. The molecule has 6 amide bonds. The molecular formula is C123H138N6O15. The predicted molar refractivity (Wildman–Crippen MR) is 577 cm³/mol. The number of anilines is 5. The Morgan fingerprint density at radius 1 is 0.319 bits per heavy atom. The summed E-state index contributed by atoms with van der Waals surface area (Å²) in [5, 5.41) is 2.98. The Labute approximate surface area is 850 Å². The fourth-order valence-electron chi connectivity index (χ4n) is 18.3. The van der Waals surface area contributed by atoms with E-state index in [2.05, 4.69) is 67.7 Å². The molecular weight excluding hydrogens is 1800 g/mol. The van der Waals surface area contributed by atoms with Crippen LogP contribution in [0.5, 0.6) is 57.5 Å². The van der Waals surface area contributed by atoms with Crippen LogP contribution in [0.4, 0.5) is 33.2 Å². The van der Waals surface area contributed by atoms with Gasteiger partial charge in [-0.3, -0.25) is 24.1 Å². The van der Waals surface area contributed by atoms with Crippen LogP contribution in [-0.4, -0.2) is 98.1 Å². The van der Waals surface area contributed by atoms with Gasteiger partial charge in [0.25, 0.3) is 0 Å². The molecule has 0 radical (unpaired) electrons. The lowest BCUT2D eigenvalue weighted by molar-refractivity contribution is -0.134. The summed E-state index contributed by atoms with van der Waals surface area (Å²) in [5.41, 5.74) is 13.2. The number of benzene rings is 11. The molecule has 8 aliphatic rings. The zero-order valence-electron chi connectivity index (χ0n) is 86.4. The van der Waals surface area contributed by atoms with Gasteiger partial charge in [-0.25, -0.2) is 4.79 Å². The zero-order valence-corrected chi connectivity index (χ0v) is 86.4. The summed E-state index contributed by atoms with van der Waals surface area (Å²) in [5.74, 6) is 8.65. The number of para-hydroxylation sites is 5. The van der Waals surface area contributed by atoms with Gasteiger partial charge in [0.15, 0.2) is 57.5 Å². The van der Waals surface area contributed by atoms with E-state index in [1.165, 1.54) is 6.42 Å². The Hall–Kier alpha value is -14.7. The lowest BCUT2D eigenvalue weighted by Crippen LogP contribution is -2.37. The Balaban J connectivity index is 0.000000136. The van der Waals surface area contributed by atoms with E-state index in [0.29, 0.717) is 74.6 Å². The van der Waals surface area contributed by atoms with E-state index in [9.17, 15) is 24.0 Å². The van der Waals surface area contributed by atoms with Crippen LogP contribution in [-0.2, 0) is 58.4 Å². The highest BCUT2D eigenvalue weighted by atomic mass is 16.6. The van der Waals surface area contributed by atoms with Crippen molar-refractivity contribution in [3.05, 3.63) is 334 Å². The molecule has 0 aromatic heterocycles. The van der Waals surface area contributed by atoms with E-state index in [0.717, 1.165) is 175 Å². The minimum atomic E-state index is -0.395. The first-order valence-corrected chi connectivity index (χ1v) is 50.2. The third-order valence-corrected chi connectivity index (χ3v) is 26.2. The number of nitrogens with one attached hydrogen (secondary N) is 1. The van der Waals surface area contributed by atoms with Crippen LogP contribution < -0.4 is 72.3 Å². The molecule has 750 valence electrons. The van der Waals surface area contributed by atoms with Crippen molar-refractivity contribution in [2.75, 3.05) is 60.5 Å². The van der Waals surface area contributed by atoms with Gasteiger partial charge in [-0.1, -0.05) is 221 Å². The minimum absolute atomic E-state index is 0.0979. The number of amides is 6. The first kappa shape index (κ1) is 104. The Bertz CT molecular complexity index is 6480. The van der Waals surface area contributed by atoms with Crippen LogP contribution in [0.25, 0.3) is 30.4 Å². The number of ether oxygens (including phenoxy) is 10. The summed E-state index contributed by atoms with van der Waals surface area (Å²) in [6.07, 6.45) is 30.4. The first-order valence-electron chi connectivity index (χ1n) is 50.2. The van der Waals surface area contributed by atoms with Gasteiger partial charge in [-0.15, -0.1) is 0 Å². The molecule has 21 heteroatoms. The zero-order chi connectivity index (χ0) is 102. The first-order chi connectivity index (χ1) is 69.2. The van der Waals surface area contributed by atoms with Crippen molar-refractivity contribution in [2.45, 2.75) is 215 Å². The quantitative estimate of drug-likeness (QED) is 0.0508. The summed E-state index contributed by atoms with van der Waals surface area (Å²) >= 11 is 0. The molecule has 21 nitrogen and oxygen atoms in total. The molecule has 5 aliphatic heterocycles. The van der Waals surface area contributed by atoms with Crippen molar-refractivity contribution in [2.24, 2.45) is 23.7 Å². The third-order valence-electron chi connectivity index (χ3n) is 26.2. The average molecular weight is 1940 g/mol. The van der Waals surface area contributed by atoms with Crippen molar-refractivity contribution in [1.82, 2.24) is 4.90 Å². The highest BCUT2D eigenvalue weighted by Gasteiger charge is 2.39. The lowest BCUT2D eigenvalue weighted by atomic mass is 9.88. The van der Waals surface area contributed by atoms with Crippen LogP contribution in [0.3, 0.4) is 0 Å². The molecule has 0 unspecified atom stereocenters. The second kappa shape index (κ2) is 46.1. The van der Waals surface area contributed by atoms with Gasteiger partial charge in [0.2, 0.25) is 23.6 Å². The standard InChI is InChI=1S/C26H26N2O3.C26H31NO3.C24H27NO3.C24H29NO3.C23H25NO3/c1-26(2)15-14-20-16-19(17-23(30-3)24(20)31-26)18-28(22-12-8-5-9-13-22)25(29)27-21-10-6-4-7-11-21;1-26(2)17-16-19-14-15-21(23(29-3)24(19)30-26)18-27(22-12-8-5-9-13-22)25(28)20-10-6-4-7-11-20;1-24(2)14-13-18-9-12-20(21(27-3)22(18)28-24)16-25(23(26)19-10-11-19)15-17-7-5-4-6-8-17;1-17(2)13-22(26)25(20-9-7-6-8-10-20)16-18-14-19-11-12-24(3,4)28-23(19)21(15-18)27-5;1-23(2)14-13-16-9-12-18(20(26-3)21(16)27-23)15-24(22(25)17-10-11-17)19-7-5-4-6-8-19/h4-17H,18H2,1-3H3,(H,27,29);5,8-9,12-17,20H,4,6-7,10-11,18H2,1-3H3;4-9,12-14,19H,10-11,15-16H2,1-3H3;6-12,14-15,17H,13,16H2,1-5H3;4-9,12-14,17H,10-11,15H2,1-3H3. The third kappa shape index (κ3) is 26.8. The Kier molecular flexibility index (Phi) is 33.2. The molecule has 11 aromatic carbocycles. The molecule has 3 saturated carbocycles. The van der Waals surface area contributed by atoms with E-state index in [-0.39, 0.29) is 64.2 Å². The average Bonchev–Trinajstić information content (AvgIpc) is 1.57. The summed E-state index contributed by atoms with van der Waals surface area (Å²) in [4.78, 5) is 74.9. The van der Waals surface area contributed by atoms with Crippen LogP contribution in [0, 0.1) is 23.7 Å². The van der Waals surface area contributed by atoms with Gasteiger partial charge in [-0.2, -0.15) is 0 Å². The smallest absolute Gasteiger partial charge is 0.326 e. The predicted octanol–water partition coefficient (Wildman–Crippen LogP) is 27.2. The topological polar surface area (TPSA) is 206 Å². The number of hydrogen-bond acceptors (Lipinski definition) is 15. The van der Waals surface area contributed by atoms with Gasteiger partial charge in [0.05, 0.1) is 61.7 Å². The molecule has 0 saturated heterocycles. The molecule has 0 bridgehead atoms. The molecule has 0 spiro atoms. The summed E-state index contributed by atoms with van der Waals surface area (Å²) in [6, 6.07) is 78.9. The van der Waals surface area contributed by atoms with E-state index in [4.69, 9.17) is 47.4 Å². The Morgan fingerprint density at radius 2 is 0.639 bits per heavy atom. The molecule has 3 fully saturated rings. The largest absolute Gasteiger partial charge is 0.493 e. The van der Waals surface area contributed by atoms with E-state index >= 15 is 0 Å². The molecule has 1 N–H and O–H groups in total. The van der Waals surface area contributed by atoms with Gasteiger partial charge in [0, 0.05) is 110 Å². The molecule has 144 heavy (non-hydrogen) atoms. The summed E-state index contributed by atoms with van der Waals surface area (Å²) < 4.78 is 59.3. The highest BCUT2D eigenvalue weighted by molar-refractivity contribution is 6.02. The van der Waals surface area contributed by atoms with E-state index in [1.54, 1.807) is 40.4 Å². The monoisotopic (exact) mass is 1940 g/mol. The van der Waals surface area contributed by atoms with Crippen molar-refractivity contribution in [3.8, 4) is 57.5 Å². The summed E-state index contributed by atoms with van der Waals surface area (Å²) in [6.45, 7) is 27.2. The van der Waals surface area contributed by atoms with E-state index in [1.807, 2.05) is 344 Å². The fourth-order valence-corrected chi connectivity index (χ4v) is 18.3. The maximum absolute atomic E-state index is 13.5. The van der Waals surface area contributed by atoms with Crippen LogP contribution in [0.2, 0.25) is 0 Å². The number of nitrogens with zero attached hydrogens (tertiary/aromatic N) is 5. The molecule has 3 aliphatic carbocycles. The second-order valence-corrected chi connectivity index (χ2v) is 40.9. The number of methoxy groups -OCH3 is 5. The SMILES string of the molecule is COc1c(CN(C(=O)C2CC2)c2ccccc2)ccc2c1OC(C)(C)C=C2.COc1c(CN(C(=O)C2CCCCC2)c2ccccc2)ccc2c1OC(C)(C)C=C2.COc1c(CN(Cc2ccccc2)C(=O)C2CC2)ccc2c1OC(C)(C)C=C2.COc1cc(CN(C(=O)CC(C)C)c2ccccc2)cc2c1OC(C)(C)C=C2.COc1cc(CN(C(=O)Nc2ccccc2)c2ccccc2)cc2c1OC(C)(C)C=C2. The number of urea groups is 1. The number of fused-ring (bicyclic) bond motifs is 5. The van der Waals surface area contributed by atoms with Crippen molar-refractivity contribution >= 4 is 88.5 Å². The summed E-state index contributed by atoms with van der Waals surface area (Å²) in [7, 11) is 8.27. The van der Waals surface area contributed by atoms with Gasteiger partial charge in [-0.05, 0) is 246 Å². The normalized spacial score (nSPS) is 15.9. The molecule has 19 rings (SSSR count). The molecule has 11 aromatic rings. The lowest BCUT2D eigenvalue weighted by Gasteiger charge is -2.32. The van der Waals surface area contributed by atoms with Crippen molar-refractivity contribution in [1.29, 1.82) is 0 Å². The number of carbonyl (C=O) groups is 5. The van der Waals surface area contributed by atoms with Crippen LogP contribution in [0.1, 0.15) is 208 Å².